The van der Waals surface area contributed by atoms with Crippen molar-refractivity contribution in [1.29, 1.82) is 0 Å². The molecule has 0 spiro atoms. The minimum absolute atomic E-state index is 0.292. The molecule has 1 unspecified atom stereocenters. The lowest BCUT2D eigenvalue weighted by Crippen LogP contribution is -2.44. The highest BCUT2D eigenvalue weighted by atomic mass is 14.9. The molecule has 0 bridgehead atoms. The summed E-state index contributed by atoms with van der Waals surface area (Å²) in [5.41, 5.74) is 0.292. The predicted molar refractivity (Wildman–Crippen MR) is 61.0 cm³/mol. The average Bonchev–Trinajstić information content (AvgIpc) is 2.03. The lowest BCUT2D eigenvalue weighted by molar-refractivity contribution is 0.216. The molecule has 13 heavy (non-hydrogen) atoms. The van der Waals surface area contributed by atoms with Crippen molar-refractivity contribution in [3.8, 4) is 0 Å². The van der Waals surface area contributed by atoms with E-state index in [1.165, 1.54) is 19.3 Å². The van der Waals surface area contributed by atoms with E-state index in [4.69, 9.17) is 0 Å². The molecule has 0 heterocycles. The molecule has 0 amide bonds. The van der Waals surface area contributed by atoms with Crippen LogP contribution in [0.25, 0.3) is 0 Å². The van der Waals surface area contributed by atoms with Crippen molar-refractivity contribution >= 4 is 0 Å². The van der Waals surface area contributed by atoms with E-state index in [1.807, 2.05) is 0 Å². The molecule has 0 aliphatic heterocycles. The summed E-state index contributed by atoms with van der Waals surface area (Å²) in [6.07, 6.45) is 3.97. The number of hydrogen-bond acceptors (Lipinski definition) is 1. The van der Waals surface area contributed by atoms with E-state index in [9.17, 15) is 0 Å². The van der Waals surface area contributed by atoms with Crippen LogP contribution < -0.4 is 5.32 Å². The Bertz CT molecular complexity index is 127. The van der Waals surface area contributed by atoms with Gasteiger partial charge in [-0.05, 0) is 45.6 Å². The second kappa shape index (κ2) is 5.64. The minimum atomic E-state index is 0.292. The average molecular weight is 185 g/mol. The van der Waals surface area contributed by atoms with Crippen molar-refractivity contribution in [3.63, 3.8) is 0 Å². The van der Waals surface area contributed by atoms with E-state index in [1.54, 1.807) is 0 Å². The maximum absolute atomic E-state index is 3.43. The van der Waals surface area contributed by atoms with Crippen LogP contribution in [0, 0.1) is 11.8 Å². The van der Waals surface area contributed by atoms with Crippen molar-refractivity contribution in [3.05, 3.63) is 0 Å². The van der Waals surface area contributed by atoms with Crippen LogP contribution >= 0.6 is 0 Å². The predicted octanol–water partition coefficient (Wildman–Crippen LogP) is 3.45. The van der Waals surface area contributed by atoms with Crippen molar-refractivity contribution in [1.82, 2.24) is 5.32 Å². The highest BCUT2D eigenvalue weighted by Crippen LogP contribution is 2.27. The Morgan fingerprint density at radius 2 is 1.77 bits per heavy atom. The summed E-state index contributed by atoms with van der Waals surface area (Å²) in [4.78, 5) is 0. The van der Waals surface area contributed by atoms with Crippen LogP contribution in [0.3, 0.4) is 0 Å². The van der Waals surface area contributed by atoms with E-state index in [0.29, 0.717) is 5.54 Å². The molecule has 0 aromatic rings. The van der Waals surface area contributed by atoms with Gasteiger partial charge in [0.25, 0.3) is 0 Å². The third-order valence-corrected chi connectivity index (χ3v) is 3.06. The highest BCUT2D eigenvalue weighted by Gasteiger charge is 2.27. The molecule has 0 saturated heterocycles. The van der Waals surface area contributed by atoms with Crippen LogP contribution in [0.15, 0.2) is 0 Å². The first-order valence-electron chi connectivity index (χ1n) is 5.63. The first-order chi connectivity index (χ1) is 5.94. The molecular weight excluding hydrogens is 158 g/mol. The van der Waals surface area contributed by atoms with Gasteiger partial charge in [0.05, 0.1) is 0 Å². The molecule has 80 valence electrons. The molecule has 0 aromatic heterocycles. The van der Waals surface area contributed by atoms with Crippen molar-refractivity contribution in [2.45, 2.75) is 59.4 Å². The summed E-state index contributed by atoms with van der Waals surface area (Å²) in [5.74, 6) is 1.62. The third-order valence-electron chi connectivity index (χ3n) is 3.06. The monoisotopic (exact) mass is 185 g/mol. The lowest BCUT2D eigenvalue weighted by atomic mass is 9.79. The highest BCUT2D eigenvalue weighted by molar-refractivity contribution is 4.84. The maximum atomic E-state index is 3.43. The van der Waals surface area contributed by atoms with Gasteiger partial charge in [0.2, 0.25) is 0 Å². The van der Waals surface area contributed by atoms with Gasteiger partial charge in [0, 0.05) is 5.54 Å². The molecule has 0 saturated carbocycles. The molecule has 1 heteroatoms. The van der Waals surface area contributed by atoms with Gasteiger partial charge < -0.3 is 5.32 Å². The Morgan fingerprint density at radius 3 is 2.08 bits per heavy atom. The zero-order chi connectivity index (χ0) is 10.5. The summed E-state index contributed by atoms with van der Waals surface area (Å²) in [6, 6.07) is 0. The molecule has 0 aromatic carbocycles. The van der Waals surface area contributed by atoms with E-state index in [2.05, 4.69) is 47.0 Å². The normalized spacial score (nSPS) is 15.0. The topological polar surface area (TPSA) is 12.0 Å². The molecule has 0 radical (unpaired) electrons. The molecule has 0 aliphatic carbocycles. The molecule has 0 fully saturated rings. The molecule has 0 aliphatic rings. The van der Waals surface area contributed by atoms with Crippen LogP contribution in [0.5, 0.6) is 0 Å². The fraction of sp³-hybridized carbons (Fsp3) is 1.00. The van der Waals surface area contributed by atoms with Crippen molar-refractivity contribution in [2.75, 3.05) is 7.05 Å². The number of rotatable bonds is 6. The SMILES string of the molecule is CCCC(CC(C)C)C(C)(C)NC. The Balaban J connectivity index is 4.22. The Morgan fingerprint density at radius 1 is 1.23 bits per heavy atom. The zero-order valence-corrected chi connectivity index (χ0v) is 10.3. The molecular formula is C12H27N. The van der Waals surface area contributed by atoms with Crippen LogP contribution in [0.2, 0.25) is 0 Å². The van der Waals surface area contributed by atoms with Gasteiger partial charge in [-0.15, -0.1) is 0 Å². The van der Waals surface area contributed by atoms with E-state index >= 15 is 0 Å². The summed E-state index contributed by atoms with van der Waals surface area (Å²) < 4.78 is 0. The smallest absolute Gasteiger partial charge is 0.0150 e. The number of hydrogen-bond donors (Lipinski definition) is 1. The summed E-state index contributed by atoms with van der Waals surface area (Å²) in [7, 11) is 2.07. The second-order valence-electron chi connectivity index (χ2n) is 5.09. The van der Waals surface area contributed by atoms with Crippen molar-refractivity contribution < 1.29 is 0 Å². The fourth-order valence-corrected chi connectivity index (χ4v) is 1.89. The lowest BCUT2D eigenvalue weighted by Gasteiger charge is -2.35. The largest absolute Gasteiger partial charge is 0.315 e. The molecule has 1 N–H and O–H groups in total. The maximum Gasteiger partial charge on any atom is 0.0150 e. The van der Waals surface area contributed by atoms with Gasteiger partial charge in [-0.2, -0.15) is 0 Å². The number of nitrogens with one attached hydrogen (secondary N) is 1. The quantitative estimate of drug-likeness (QED) is 0.668. The Kier molecular flexibility index (Phi) is 5.62. The van der Waals surface area contributed by atoms with E-state index in [-0.39, 0.29) is 0 Å². The first kappa shape index (κ1) is 13.0. The fourth-order valence-electron chi connectivity index (χ4n) is 1.89. The standard InChI is InChI=1S/C12H27N/c1-7-8-11(9-10(2)3)12(4,5)13-6/h10-11,13H,7-9H2,1-6H3. The van der Waals surface area contributed by atoms with E-state index in [0.717, 1.165) is 11.8 Å². The third kappa shape index (κ3) is 4.66. The van der Waals surface area contributed by atoms with Crippen LogP contribution in [0.1, 0.15) is 53.9 Å². The molecule has 1 atom stereocenters. The zero-order valence-electron chi connectivity index (χ0n) is 10.3. The molecule has 0 rings (SSSR count). The van der Waals surface area contributed by atoms with Crippen molar-refractivity contribution in [2.24, 2.45) is 11.8 Å². The summed E-state index contributed by atoms with van der Waals surface area (Å²) in [5, 5.41) is 3.43. The summed E-state index contributed by atoms with van der Waals surface area (Å²) >= 11 is 0. The first-order valence-corrected chi connectivity index (χ1v) is 5.63. The second-order valence-corrected chi connectivity index (χ2v) is 5.09. The minimum Gasteiger partial charge on any atom is -0.315 e. The molecule has 1 nitrogen and oxygen atoms in total. The van der Waals surface area contributed by atoms with Gasteiger partial charge in [-0.3, -0.25) is 0 Å². The van der Waals surface area contributed by atoms with Gasteiger partial charge in [0.15, 0.2) is 0 Å². The Labute approximate surface area is 84.3 Å². The van der Waals surface area contributed by atoms with Crippen LogP contribution in [-0.4, -0.2) is 12.6 Å². The van der Waals surface area contributed by atoms with Gasteiger partial charge in [-0.25, -0.2) is 0 Å². The van der Waals surface area contributed by atoms with E-state index < -0.39 is 0 Å². The van der Waals surface area contributed by atoms with Gasteiger partial charge in [0.1, 0.15) is 0 Å². The van der Waals surface area contributed by atoms with Gasteiger partial charge in [-0.1, -0.05) is 27.2 Å². The van der Waals surface area contributed by atoms with Gasteiger partial charge >= 0.3 is 0 Å². The Hall–Kier alpha value is -0.0400. The summed E-state index contributed by atoms with van der Waals surface area (Å²) in [6.45, 7) is 11.5. The van der Waals surface area contributed by atoms with Crippen LogP contribution in [0.4, 0.5) is 0 Å². The van der Waals surface area contributed by atoms with Crippen LogP contribution in [-0.2, 0) is 0 Å².